The van der Waals surface area contributed by atoms with Gasteiger partial charge in [-0.25, -0.2) is 14.6 Å². The minimum absolute atomic E-state index is 0.325. The number of nitrogen functional groups attached to an aromatic ring is 1. The molecule has 0 aliphatic rings. The number of alkyl halides is 3. The van der Waals surface area contributed by atoms with E-state index in [4.69, 9.17) is 43.8 Å². The molecule has 1 atom stereocenters. The average molecular weight is 695 g/mol. The summed E-state index contributed by atoms with van der Waals surface area (Å²) in [5, 5.41) is 22.0. The van der Waals surface area contributed by atoms with E-state index in [1.807, 2.05) is 73.0 Å². The van der Waals surface area contributed by atoms with Crippen molar-refractivity contribution in [2.45, 2.75) is 30.9 Å². The fraction of sp³-hybridized carbons (Fsp3) is 0.200. The number of nitrogens with one attached hydrogen (secondary N) is 4. The Morgan fingerprint density at radius 2 is 1.78 bits per heavy atom. The number of H-pyrrole nitrogens is 2. The van der Waals surface area contributed by atoms with Gasteiger partial charge in [-0.1, -0.05) is 65.7 Å². The third-order valence-electron chi connectivity index (χ3n) is 6.61. The SMILES string of the molecule is CSCc1ccc(Cl)cc1CNC(=O)N[C@@H](Cc1ccccc1)c1nc(-c2ccc3c(N)n[nH]c3c2)c(Cl)[nH]1.O=C(O)C(F)(F)F. The summed E-state index contributed by atoms with van der Waals surface area (Å²) in [6.07, 6.45) is -2.53. The van der Waals surface area contributed by atoms with Crippen molar-refractivity contribution in [2.24, 2.45) is 0 Å². The number of carboxylic acids is 1. The number of aliphatic carboxylic acids is 1. The Hall–Kier alpha value is -4.40. The van der Waals surface area contributed by atoms with E-state index < -0.39 is 18.2 Å². The number of thioether (sulfide) groups is 1. The highest BCUT2D eigenvalue weighted by Crippen LogP contribution is 2.31. The second-order valence-electron chi connectivity index (χ2n) is 9.87. The predicted molar refractivity (Wildman–Crippen MR) is 174 cm³/mol. The van der Waals surface area contributed by atoms with Gasteiger partial charge in [-0.3, -0.25) is 5.10 Å². The molecule has 7 N–H and O–H groups in total. The van der Waals surface area contributed by atoms with Crippen LogP contribution in [0.25, 0.3) is 22.2 Å². The molecule has 2 amide bonds. The number of benzene rings is 3. The normalized spacial score (nSPS) is 11.9. The van der Waals surface area contributed by atoms with E-state index in [2.05, 4.69) is 25.8 Å². The van der Waals surface area contributed by atoms with E-state index in [0.717, 1.165) is 38.9 Å². The highest BCUT2D eigenvalue weighted by molar-refractivity contribution is 7.97. The molecule has 0 aliphatic heterocycles. The number of rotatable bonds is 9. The molecule has 5 aromatic rings. The zero-order valence-corrected chi connectivity index (χ0v) is 26.4. The largest absolute Gasteiger partial charge is 0.490 e. The molecule has 2 heterocycles. The number of halogens is 5. The van der Waals surface area contributed by atoms with Crippen LogP contribution in [0.15, 0.2) is 66.7 Å². The number of carbonyl (C=O) groups is 2. The minimum Gasteiger partial charge on any atom is -0.475 e. The monoisotopic (exact) mass is 693 g/mol. The maximum atomic E-state index is 13.1. The number of aromatic amines is 2. The van der Waals surface area contributed by atoms with Crippen molar-refractivity contribution in [3.8, 4) is 11.3 Å². The van der Waals surface area contributed by atoms with Gasteiger partial charge < -0.3 is 26.5 Å². The number of fused-ring (bicyclic) bond motifs is 1. The van der Waals surface area contributed by atoms with Gasteiger partial charge in [0.25, 0.3) is 0 Å². The molecule has 3 aromatic carbocycles. The van der Waals surface area contributed by atoms with E-state index in [-0.39, 0.29) is 6.03 Å². The molecule has 0 aliphatic carbocycles. The summed E-state index contributed by atoms with van der Waals surface area (Å²) in [6, 6.07) is 20.5. The standard InChI is InChI=1S/C28H27Cl2N7OS.C2HF3O2/c1-39-15-18-7-9-20(29)12-19(18)14-32-28(38)33-23(11-16-5-3-2-4-6-16)27-34-24(25(30)35-27)17-8-10-21-22(13-17)36-37-26(21)31;3-2(4,5)1(6)7/h2-10,12-13,23H,11,14-15H2,1H3,(H,34,35)(H3,31,36,37)(H2,32,33,38);(H,6,7)/t23-;/m0./s1. The van der Waals surface area contributed by atoms with Gasteiger partial charge in [-0.15, -0.1) is 0 Å². The summed E-state index contributed by atoms with van der Waals surface area (Å²) in [6.45, 7) is 0.345. The molecule has 2 aromatic heterocycles. The molecular formula is C30H28Cl2F3N7O3S. The van der Waals surface area contributed by atoms with Crippen LogP contribution >= 0.6 is 35.0 Å². The molecule has 46 heavy (non-hydrogen) atoms. The van der Waals surface area contributed by atoms with Gasteiger partial charge in [0.1, 0.15) is 16.7 Å². The first kappa shape index (κ1) is 34.5. The summed E-state index contributed by atoms with van der Waals surface area (Å²) < 4.78 is 31.7. The summed E-state index contributed by atoms with van der Waals surface area (Å²) in [4.78, 5) is 30.0. The van der Waals surface area contributed by atoms with Gasteiger partial charge in [-0.2, -0.15) is 30.0 Å². The van der Waals surface area contributed by atoms with E-state index >= 15 is 0 Å². The van der Waals surface area contributed by atoms with Gasteiger partial charge in [-0.05, 0) is 53.6 Å². The second-order valence-corrected chi connectivity index (χ2v) is 11.6. The van der Waals surface area contributed by atoms with Crippen LogP contribution in [0.2, 0.25) is 10.2 Å². The Morgan fingerprint density at radius 1 is 1.07 bits per heavy atom. The first-order valence-corrected chi connectivity index (χ1v) is 15.6. The molecule has 0 spiro atoms. The summed E-state index contributed by atoms with van der Waals surface area (Å²) >= 11 is 14.5. The first-order valence-electron chi connectivity index (χ1n) is 13.5. The highest BCUT2D eigenvalue weighted by Gasteiger charge is 2.38. The van der Waals surface area contributed by atoms with Crippen molar-refractivity contribution in [2.75, 3.05) is 12.0 Å². The lowest BCUT2D eigenvalue weighted by Crippen LogP contribution is -2.39. The van der Waals surface area contributed by atoms with Crippen molar-refractivity contribution in [3.63, 3.8) is 0 Å². The van der Waals surface area contributed by atoms with Crippen LogP contribution in [0.4, 0.5) is 23.8 Å². The summed E-state index contributed by atoms with van der Waals surface area (Å²) in [5.41, 5.74) is 11.2. The van der Waals surface area contributed by atoms with Gasteiger partial charge in [0.2, 0.25) is 0 Å². The summed E-state index contributed by atoms with van der Waals surface area (Å²) in [5.74, 6) is -0.949. The Kier molecular flexibility index (Phi) is 11.4. The Labute approximate surface area is 275 Å². The lowest BCUT2D eigenvalue weighted by molar-refractivity contribution is -0.192. The van der Waals surface area contributed by atoms with Crippen LogP contribution in [0, 0.1) is 0 Å². The fourth-order valence-corrected chi connectivity index (χ4v) is 5.46. The maximum Gasteiger partial charge on any atom is 0.490 e. The number of carboxylic acid groups (broad SMARTS) is 1. The van der Waals surface area contributed by atoms with Gasteiger partial charge >= 0.3 is 18.2 Å². The van der Waals surface area contributed by atoms with Crippen LogP contribution in [-0.2, 0) is 23.5 Å². The third-order valence-corrected chi connectivity index (χ3v) is 7.72. The Balaban J connectivity index is 0.000000617. The molecule has 242 valence electrons. The van der Waals surface area contributed by atoms with Crippen molar-refractivity contribution in [1.29, 1.82) is 0 Å². The second kappa shape index (κ2) is 15.3. The van der Waals surface area contributed by atoms with Crippen molar-refractivity contribution in [1.82, 2.24) is 30.8 Å². The smallest absolute Gasteiger partial charge is 0.475 e. The van der Waals surface area contributed by atoms with E-state index in [1.54, 1.807) is 11.8 Å². The molecule has 0 saturated carbocycles. The highest BCUT2D eigenvalue weighted by atomic mass is 35.5. The summed E-state index contributed by atoms with van der Waals surface area (Å²) in [7, 11) is 0. The van der Waals surface area contributed by atoms with Gasteiger partial charge in [0.15, 0.2) is 5.82 Å². The zero-order chi connectivity index (χ0) is 33.4. The van der Waals surface area contributed by atoms with Crippen LogP contribution in [0.3, 0.4) is 0 Å². The molecule has 5 rings (SSSR count). The number of amides is 2. The molecule has 10 nitrogen and oxygen atoms in total. The fourth-order valence-electron chi connectivity index (χ4n) is 4.42. The number of aromatic nitrogens is 4. The molecule has 0 fully saturated rings. The molecule has 0 radical (unpaired) electrons. The number of nitrogens with zero attached hydrogens (tertiary/aromatic N) is 2. The number of nitrogens with two attached hydrogens (primary N) is 1. The van der Waals surface area contributed by atoms with E-state index in [1.165, 1.54) is 0 Å². The minimum atomic E-state index is -5.08. The van der Waals surface area contributed by atoms with Crippen LogP contribution in [-0.4, -0.2) is 49.7 Å². The van der Waals surface area contributed by atoms with Crippen LogP contribution < -0.4 is 16.4 Å². The van der Waals surface area contributed by atoms with E-state index in [9.17, 15) is 18.0 Å². The Bertz CT molecular complexity index is 1820. The van der Waals surface area contributed by atoms with Crippen molar-refractivity contribution < 1.29 is 27.9 Å². The Morgan fingerprint density at radius 3 is 2.46 bits per heavy atom. The zero-order valence-electron chi connectivity index (χ0n) is 24.1. The topological polar surface area (TPSA) is 162 Å². The average Bonchev–Trinajstić information content (AvgIpc) is 3.59. The predicted octanol–water partition coefficient (Wildman–Crippen LogP) is 7.12. The van der Waals surface area contributed by atoms with Gasteiger partial charge in [0, 0.05) is 28.3 Å². The lowest BCUT2D eigenvalue weighted by Gasteiger charge is -2.18. The molecule has 0 unspecified atom stereocenters. The maximum absolute atomic E-state index is 13.1. The number of hydrogen-bond acceptors (Lipinski definition) is 6. The van der Waals surface area contributed by atoms with E-state index in [0.29, 0.717) is 40.5 Å². The van der Waals surface area contributed by atoms with Crippen molar-refractivity contribution in [3.05, 3.63) is 99.4 Å². The van der Waals surface area contributed by atoms with Gasteiger partial charge in [0.05, 0.1) is 11.6 Å². The number of carbonyl (C=O) groups excluding carboxylic acids is 1. The number of imidazole rings is 1. The number of urea groups is 1. The van der Waals surface area contributed by atoms with Crippen molar-refractivity contribution >= 4 is 63.7 Å². The molecule has 0 saturated heterocycles. The molecular weight excluding hydrogens is 666 g/mol. The lowest BCUT2D eigenvalue weighted by atomic mass is 10.1. The third kappa shape index (κ3) is 9.08. The van der Waals surface area contributed by atoms with Crippen LogP contribution in [0.1, 0.15) is 28.6 Å². The number of anilines is 1. The quantitative estimate of drug-likeness (QED) is 0.0958. The number of hydrogen-bond donors (Lipinski definition) is 6. The molecule has 16 heteroatoms. The molecule has 0 bridgehead atoms. The van der Waals surface area contributed by atoms with Crippen LogP contribution in [0.5, 0.6) is 0 Å². The first-order chi connectivity index (χ1) is 21.8.